The van der Waals surface area contributed by atoms with Gasteiger partial charge in [0.15, 0.2) is 5.65 Å². The molecule has 0 aliphatic carbocycles. The quantitative estimate of drug-likeness (QED) is 0.385. The summed E-state index contributed by atoms with van der Waals surface area (Å²) in [5, 5.41) is 5.92. The molecule has 0 radical (unpaired) electrons. The first kappa shape index (κ1) is 22.0. The topological polar surface area (TPSA) is 81.8 Å². The van der Waals surface area contributed by atoms with E-state index in [4.69, 9.17) is 0 Å². The molecule has 3 heterocycles. The van der Waals surface area contributed by atoms with Crippen molar-refractivity contribution in [1.29, 1.82) is 0 Å². The molecular weight excluding hydrogens is 467 g/mol. The summed E-state index contributed by atoms with van der Waals surface area (Å²) in [5.74, 6) is -0.228. The number of fused-ring (bicyclic) bond motifs is 3. The van der Waals surface area contributed by atoms with Crippen LogP contribution >= 0.6 is 0 Å². The molecule has 0 fully saturated rings. The predicted molar refractivity (Wildman–Crippen MR) is 123 cm³/mol. The highest BCUT2D eigenvalue weighted by Gasteiger charge is 2.30. The zero-order chi connectivity index (χ0) is 24.1. The number of hydrogen-bond donors (Lipinski definition) is 1. The summed E-state index contributed by atoms with van der Waals surface area (Å²) in [7, 11) is -1.95. The standard InChI is InChI=1S/C23H18F3N5O2S/c1-30-13-20-19-11-17(29-34(32,33)14-15-3-2-10-27-12-15)6-9-21(19)31(22(20)28-30)18-7-4-16(5-8-18)23(24,25)26/h2-13,29H,14H2,1H3. The van der Waals surface area contributed by atoms with Crippen LogP contribution < -0.4 is 4.72 Å². The Morgan fingerprint density at radius 3 is 2.47 bits per heavy atom. The van der Waals surface area contributed by atoms with E-state index in [2.05, 4.69) is 14.8 Å². The molecule has 1 N–H and O–H groups in total. The molecule has 0 unspecified atom stereocenters. The lowest BCUT2D eigenvalue weighted by Crippen LogP contribution is -2.15. The Kier molecular flexibility index (Phi) is 5.08. The van der Waals surface area contributed by atoms with Gasteiger partial charge in [-0.25, -0.2) is 8.42 Å². The van der Waals surface area contributed by atoms with Gasteiger partial charge in [0.25, 0.3) is 0 Å². The normalized spacial score (nSPS) is 12.5. The number of benzene rings is 2. The molecule has 0 saturated carbocycles. The fourth-order valence-electron chi connectivity index (χ4n) is 3.94. The van der Waals surface area contributed by atoms with E-state index in [1.54, 1.807) is 59.0 Å². The van der Waals surface area contributed by atoms with Crippen LogP contribution in [0.4, 0.5) is 18.9 Å². The summed E-state index contributed by atoms with van der Waals surface area (Å²) >= 11 is 0. The van der Waals surface area contributed by atoms with Crippen LogP contribution in [0.3, 0.4) is 0 Å². The maximum Gasteiger partial charge on any atom is 0.416 e. The Hall–Kier alpha value is -3.86. The van der Waals surface area contributed by atoms with Gasteiger partial charge in [0.05, 0.1) is 16.8 Å². The summed E-state index contributed by atoms with van der Waals surface area (Å²) in [6.45, 7) is 0. The van der Waals surface area contributed by atoms with Crippen molar-refractivity contribution in [2.75, 3.05) is 4.72 Å². The highest BCUT2D eigenvalue weighted by Crippen LogP contribution is 2.35. The Morgan fingerprint density at radius 2 is 1.79 bits per heavy atom. The van der Waals surface area contributed by atoms with E-state index in [1.807, 2.05) is 0 Å². The average Bonchev–Trinajstić information content (AvgIpc) is 3.28. The number of hydrogen-bond acceptors (Lipinski definition) is 4. The molecule has 0 saturated heterocycles. The Bertz CT molecular complexity index is 1610. The molecule has 0 bridgehead atoms. The van der Waals surface area contributed by atoms with Crippen LogP contribution in [0.5, 0.6) is 0 Å². The van der Waals surface area contributed by atoms with Gasteiger partial charge < -0.3 is 0 Å². The average molecular weight is 485 g/mol. The molecule has 0 atom stereocenters. The number of rotatable bonds is 5. The van der Waals surface area contributed by atoms with Crippen LogP contribution in [0.1, 0.15) is 11.1 Å². The molecular formula is C23H18F3N5O2S. The van der Waals surface area contributed by atoms with Gasteiger partial charge in [0.2, 0.25) is 10.0 Å². The van der Waals surface area contributed by atoms with E-state index in [0.717, 1.165) is 17.5 Å². The van der Waals surface area contributed by atoms with Crippen LogP contribution in [0, 0.1) is 0 Å². The number of pyridine rings is 1. The zero-order valence-electron chi connectivity index (χ0n) is 17.8. The van der Waals surface area contributed by atoms with E-state index in [1.165, 1.54) is 18.3 Å². The monoisotopic (exact) mass is 485 g/mol. The van der Waals surface area contributed by atoms with Gasteiger partial charge in [0.1, 0.15) is 0 Å². The van der Waals surface area contributed by atoms with Gasteiger partial charge in [0, 0.05) is 47.8 Å². The lowest BCUT2D eigenvalue weighted by atomic mass is 10.2. The number of aromatic nitrogens is 4. The second-order valence-electron chi connectivity index (χ2n) is 7.87. The number of sulfonamides is 1. The lowest BCUT2D eigenvalue weighted by Gasteiger charge is -2.11. The summed E-state index contributed by atoms with van der Waals surface area (Å²) < 4.78 is 70.3. The minimum absolute atomic E-state index is 0.228. The van der Waals surface area contributed by atoms with Gasteiger partial charge in [-0.05, 0) is 54.1 Å². The van der Waals surface area contributed by atoms with Crippen molar-refractivity contribution in [3.05, 3.63) is 84.3 Å². The molecule has 5 aromatic rings. The second-order valence-corrected chi connectivity index (χ2v) is 9.60. The minimum Gasteiger partial charge on any atom is -0.292 e. The van der Waals surface area contributed by atoms with Crippen molar-refractivity contribution in [1.82, 2.24) is 19.3 Å². The molecule has 0 amide bonds. The molecule has 0 spiro atoms. The van der Waals surface area contributed by atoms with Crippen LogP contribution in [-0.2, 0) is 29.0 Å². The summed E-state index contributed by atoms with van der Waals surface area (Å²) in [6, 6.07) is 13.2. The number of alkyl halides is 3. The number of anilines is 1. The van der Waals surface area contributed by atoms with Crippen LogP contribution in [0.2, 0.25) is 0 Å². The third-order valence-electron chi connectivity index (χ3n) is 5.35. The van der Waals surface area contributed by atoms with Crippen molar-refractivity contribution >= 4 is 37.6 Å². The van der Waals surface area contributed by atoms with E-state index in [-0.39, 0.29) is 5.75 Å². The maximum absolute atomic E-state index is 13.0. The number of aryl methyl sites for hydroxylation is 1. The fraction of sp³-hybridized carbons (Fsp3) is 0.130. The predicted octanol–water partition coefficient (Wildman–Crippen LogP) is 4.87. The first-order chi connectivity index (χ1) is 16.1. The third-order valence-corrected chi connectivity index (χ3v) is 6.61. The van der Waals surface area contributed by atoms with Gasteiger partial charge in [-0.3, -0.25) is 19.0 Å². The molecule has 34 heavy (non-hydrogen) atoms. The maximum atomic E-state index is 13.0. The molecule has 2 aromatic carbocycles. The largest absolute Gasteiger partial charge is 0.416 e. The smallest absolute Gasteiger partial charge is 0.292 e. The first-order valence-corrected chi connectivity index (χ1v) is 11.8. The Morgan fingerprint density at radius 1 is 1.03 bits per heavy atom. The highest BCUT2D eigenvalue weighted by molar-refractivity contribution is 7.91. The first-order valence-electron chi connectivity index (χ1n) is 10.2. The number of nitrogens with one attached hydrogen (secondary N) is 1. The van der Waals surface area contributed by atoms with Crippen molar-refractivity contribution in [3.63, 3.8) is 0 Å². The van der Waals surface area contributed by atoms with Crippen molar-refractivity contribution in [3.8, 4) is 5.69 Å². The van der Waals surface area contributed by atoms with Crippen molar-refractivity contribution in [2.45, 2.75) is 11.9 Å². The number of halogens is 3. The Labute approximate surface area is 192 Å². The molecule has 11 heteroatoms. The zero-order valence-corrected chi connectivity index (χ0v) is 18.6. The van der Waals surface area contributed by atoms with E-state index < -0.39 is 21.8 Å². The SMILES string of the molecule is Cn1cc2c3cc(NS(=O)(=O)Cc4cccnc4)ccc3n(-c3ccc(C(F)(F)F)cc3)c2n1. The van der Waals surface area contributed by atoms with Gasteiger partial charge in [-0.2, -0.15) is 18.3 Å². The van der Waals surface area contributed by atoms with E-state index in [9.17, 15) is 21.6 Å². The molecule has 5 rings (SSSR count). The molecule has 0 aliphatic rings. The van der Waals surface area contributed by atoms with Crippen molar-refractivity contribution < 1.29 is 21.6 Å². The summed E-state index contributed by atoms with van der Waals surface area (Å²) in [5.41, 5.74) is 1.93. The van der Waals surface area contributed by atoms with Crippen LogP contribution in [-0.4, -0.2) is 27.7 Å². The molecule has 7 nitrogen and oxygen atoms in total. The van der Waals surface area contributed by atoms with Gasteiger partial charge >= 0.3 is 6.18 Å². The molecule has 3 aromatic heterocycles. The molecule has 0 aliphatic heterocycles. The highest BCUT2D eigenvalue weighted by atomic mass is 32.2. The molecule has 174 valence electrons. The second kappa shape index (κ2) is 7.87. The lowest BCUT2D eigenvalue weighted by molar-refractivity contribution is -0.137. The van der Waals surface area contributed by atoms with Gasteiger partial charge in [-0.15, -0.1) is 0 Å². The minimum atomic E-state index is -4.43. The van der Waals surface area contributed by atoms with Crippen molar-refractivity contribution in [2.24, 2.45) is 7.05 Å². The fourth-order valence-corrected chi connectivity index (χ4v) is 5.10. The van der Waals surface area contributed by atoms with Crippen LogP contribution in [0.25, 0.3) is 27.6 Å². The number of nitrogens with zero attached hydrogens (tertiary/aromatic N) is 4. The summed E-state index contributed by atoms with van der Waals surface area (Å²) in [6.07, 6.45) is 0.412. The third kappa shape index (κ3) is 4.10. The van der Waals surface area contributed by atoms with Gasteiger partial charge in [-0.1, -0.05) is 6.07 Å². The van der Waals surface area contributed by atoms with E-state index >= 15 is 0 Å². The summed E-state index contributed by atoms with van der Waals surface area (Å²) in [4.78, 5) is 3.94. The van der Waals surface area contributed by atoms with E-state index in [0.29, 0.717) is 33.5 Å². The Balaban J connectivity index is 1.57. The van der Waals surface area contributed by atoms with Crippen LogP contribution in [0.15, 0.2) is 73.2 Å².